The zero-order chi connectivity index (χ0) is 19.6. The summed E-state index contributed by atoms with van der Waals surface area (Å²) in [4.78, 5) is 8.95. The van der Waals surface area contributed by atoms with Crippen LogP contribution in [0.15, 0.2) is 47.6 Å². The molecule has 2 aliphatic heterocycles. The smallest absolute Gasteiger partial charge is 0.423 e. The van der Waals surface area contributed by atoms with Crippen LogP contribution in [0.25, 0.3) is 11.0 Å². The number of piperidine rings is 1. The third-order valence-corrected chi connectivity index (χ3v) is 8.14. The van der Waals surface area contributed by atoms with Gasteiger partial charge in [-0.05, 0) is 73.7 Å². The van der Waals surface area contributed by atoms with Gasteiger partial charge in [-0.1, -0.05) is 17.7 Å². The fourth-order valence-corrected chi connectivity index (χ4v) is 6.55. The number of hydrogen-bond donors (Lipinski definition) is 2. The molecule has 3 aromatic rings. The number of aromatic nitrogens is 2. The van der Waals surface area contributed by atoms with Gasteiger partial charge in [-0.2, -0.15) is 0 Å². The van der Waals surface area contributed by atoms with E-state index in [0.29, 0.717) is 5.41 Å². The molecule has 2 N–H and O–H groups in total. The highest BCUT2D eigenvalue weighted by Gasteiger charge is 2.62. The Kier molecular flexibility index (Phi) is 3.94. The standard InChI is InChI=1S/C22H24BN3O2S/c1-15-2-4-16(5-3-15)29-26-10-7-21(8-11-26)13-22(14-21)19-17-6-9-24-20(17)25-12-18(19)23(27)28-22/h2-6,9,12,27H,7-8,10-11,13-14H2,1H3,(H,24,25). The van der Waals surface area contributed by atoms with E-state index in [4.69, 9.17) is 4.65 Å². The minimum atomic E-state index is -0.855. The third kappa shape index (κ3) is 2.79. The van der Waals surface area contributed by atoms with Gasteiger partial charge in [0.25, 0.3) is 0 Å². The quantitative estimate of drug-likeness (QED) is 0.506. The Morgan fingerprint density at radius 3 is 2.69 bits per heavy atom. The molecule has 3 aliphatic rings. The number of pyridine rings is 1. The fourth-order valence-electron chi connectivity index (χ4n) is 5.63. The van der Waals surface area contributed by atoms with Gasteiger partial charge in [-0.15, -0.1) is 0 Å². The van der Waals surface area contributed by atoms with Crippen LogP contribution in [-0.2, 0) is 10.3 Å². The van der Waals surface area contributed by atoms with Gasteiger partial charge in [-0.3, -0.25) is 0 Å². The molecule has 5 nitrogen and oxygen atoms in total. The number of H-pyrrole nitrogens is 1. The predicted octanol–water partition coefficient (Wildman–Crippen LogP) is 3.37. The van der Waals surface area contributed by atoms with Gasteiger partial charge >= 0.3 is 7.12 Å². The van der Waals surface area contributed by atoms with E-state index < -0.39 is 7.12 Å². The SMILES string of the molecule is Cc1ccc(SN2CCC3(CC2)CC2(C3)OB(O)c3cnc4[nH]ccc4c32)cc1. The van der Waals surface area contributed by atoms with E-state index in [1.54, 1.807) is 6.20 Å². The van der Waals surface area contributed by atoms with Crippen LogP contribution < -0.4 is 5.46 Å². The van der Waals surface area contributed by atoms with E-state index in [1.807, 2.05) is 18.1 Å². The van der Waals surface area contributed by atoms with Gasteiger partial charge in [0.05, 0.1) is 5.60 Å². The lowest BCUT2D eigenvalue weighted by molar-refractivity contribution is -0.133. The van der Waals surface area contributed by atoms with Crippen molar-refractivity contribution in [1.82, 2.24) is 14.3 Å². The first kappa shape index (κ1) is 18.0. The third-order valence-electron chi connectivity index (χ3n) is 7.03. The topological polar surface area (TPSA) is 61.4 Å². The first-order valence-corrected chi connectivity index (χ1v) is 11.2. The molecule has 2 spiro atoms. The summed E-state index contributed by atoms with van der Waals surface area (Å²) in [5, 5.41) is 11.6. The van der Waals surface area contributed by atoms with E-state index in [-0.39, 0.29) is 5.60 Å². The van der Waals surface area contributed by atoms with Gasteiger partial charge in [0.15, 0.2) is 0 Å². The lowest BCUT2D eigenvalue weighted by Crippen LogP contribution is -2.54. The summed E-state index contributed by atoms with van der Waals surface area (Å²) >= 11 is 1.87. The number of aromatic amines is 1. The minimum Gasteiger partial charge on any atom is -0.423 e. The normalized spacial score (nSPS) is 22.3. The maximum atomic E-state index is 10.5. The van der Waals surface area contributed by atoms with Crippen LogP contribution in [0.3, 0.4) is 0 Å². The highest BCUT2D eigenvalue weighted by Crippen LogP contribution is 2.63. The van der Waals surface area contributed by atoms with Crippen LogP contribution in [0.1, 0.15) is 36.8 Å². The summed E-state index contributed by atoms with van der Waals surface area (Å²) in [5.74, 6) is 0. The van der Waals surface area contributed by atoms with E-state index in [2.05, 4.69) is 51.5 Å². The number of aryl methyl sites for hydroxylation is 1. The molecule has 0 bridgehead atoms. The van der Waals surface area contributed by atoms with E-state index in [1.165, 1.54) is 28.9 Å². The van der Waals surface area contributed by atoms with Crippen LogP contribution in [0.5, 0.6) is 0 Å². The summed E-state index contributed by atoms with van der Waals surface area (Å²) in [6.07, 6.45) is 8.06. The summed E-state index contributed by atoms with van der Waals surface area (Å²) in [7, 11) is -0.855. The average Bonchev–Trinajstić information content (AvgIpc) is 3.28. The molecule has 0 atom stereocenters. The van der Waals surface area contributed by atoms with Crippen molar-refractivity contribution in [2.24, 2.45) is 5.41 Å². The molecular weight excluding hydrogens is 381 g/mol. The van der Waals surface area contributed by atoms with E-state index in [9.17, 15) is 5.02 Å². The van der Waals surface area contributed by atoms with Gasteiger partial charge in [0, 0.05) is 41.2 Å². The highest BCUT2D eigenvalue weighted by atomic mass is 32.2. The average molecular weight is 405 g/mol. The van der Waals surface area contributed by atoms with Crippen molar-refractivity contribution >= 4 is 35.6 Å². The second kappa shape index (κ2) is 6.35. The molecule has 148 valence electrons. The van der Waals surface area contributed by atoms with Crippen molar-refractivity contribution in [2.45, 2.75) is 43.1 Å². The number of fused-ring (bicyclic) bond motifs is 4. The molecule has 7 heteroatoms. The van der Waals surface area contributed by atoms with Crippen molar-refractivity contribution in [3.8, 4) is 0 Å². The summed E-state index contributed by atoms with van der Waals surface area (Å²) in [6.45, 7) is 4.32. The summed E-state index contributed by atoms with van der Waals surface area (Å²) in [5.41, 5.74) is 4.18. The molecule has 2 fully saturated rings. The van der Waals surface area contributed by atoms with Gasteiger partial charge in [0.1, 0.15) is 5.65 Å². The first-order chi connectivity index (χ1) is 14.1. The molecule has 6 rings (SSSR count). The Labute approximate surface area is 175 Å². The van der Waals surface area contributed by atoms with Crippen LogP contribution >= 0.6 is 11.9 Å². The molecule has 0 radical (unpaired) electrons. The zero-order valence-electron chi connectivity index (χ0n) is 16.5. The molecule has 1 saturated heterocycles. The molecule has 0 unspecified atom stereocenters. The van der Waals surface area contributed by atoms with Crippen molar-refractivity contribution in [3.05, 3.63) is 53.9 Å². The van der Waals surface area contributed by atoms with Gasteiger partial charge < -0.3 is 14.7 Å². The molecular formula is C22H24BN3O2S. The summed E-state index contributed by atoms with van der Waals surface area (Å²) < 4.78 is 8.67. The maximum absolute atomic E-state index is 10.5. The van der Waals surface area contributed by atoms with Crippen LogP contribution in [-0.4, -0.2) is 39.5 Å². The molecule has 1 aliphatic carbocycles. The number of hydrogen-bond acceptors (Lipinski definition) is 5. The number of rotatable bonds is 2. The molecule has 0 amide bonds. The molecule has 1 aromatic carbocycles. The maximum Gasteiger partial charge on any atom is 0.493 e. The summed E-state index contributed by atoms with van der Waals surface area (Å²) in [6, 6.07) is 10.9. The van der Waals surface area contributed by atoms with Crippen LogP contribution in [0.2, 0.25) is 0 Å². The van der Waals surface area contributed by atoms with E-state index in [0.717, 1.165) is 42.4 Å². The minimum absolute atomic E-state index is 0.331. The molecule has 4 heterocycles. The van der Waals surface area contributed by atoms with Crippen LogP contribution in [0, 0.1) is 12.3 Å². The second-order valence-electron chi connectivity index (χ2n) is 8.98. The van der Waals surface area contributed by atoms with Crippen molar-refractivity contribution in [2.75, 3.05) is 13.1 Å². The lowest BCUT2D eigenvalue weighted by Gasteiger charge is -2.58. The largest absolute Gasteiger partial charge is 0.493 e. The highest BCUT2D eigenvalue weighted by molar-refractivity contribution is 7.97. The Morgan fingerprint density at radius 2 is 1.93 bits per heavy atom. The molecule has 2 aromatic heterocycles. The Morgan fingerprint density at radius 1 is 1.17 bits per heavy atom. The second-order valence-corrected chi connectivity index (χ2v) is 10.2. The molecule has 1 saturated carbocycles. The zero-order valence-corrected chi connectivity index (χ0v) is 17.3. The number of nitrogens with zero attached hydrogens (tertiary/aromatic N) is 2. The Bertz CT molecular complexity index is 1070. The van der Waals surface area contributed by atoms with E-state index >= 15 is 0 Å². The van der Waals surface area contributed by atoms with Crippen molar-refractivity contribution in [3.63, 3.8) is 0 Å². The van der Waals surface area contributed by atoms with Gasteiger partial charge in [-0.25, -0.2) is 9.29 Å². The Balaban J connectivity index is 1.18. The van der Waals surface area contributed by atoms with Crippen molar-refractivity contribution in [1.29, 1.82) is 0 Å². The molecule has 29 heavy (non-hydrogen) atoms. The van der Waals surface area contributed by atoms with Crippen LogP contribution in [0.4, 0.5) is 0 Å². The number of benzene rings is 1. The Hall–Kier alpha value is -1.80. The fraction of sp³-hybridized carbons (Fsp3) is 0.409. The van der Waals surface area contributed by atoms with Gasteiger partial charge in [0.2, 0.25) is 0 Å². The van der Waals surface area contributed by atoms with Crippen molar-refractivity contribution < 1.29 is 9.68 Å². The lowest BCUT2D eigenvalue weighted by atomic mass is 9.53. The first-order valence-electron chi connectivity index (χ1n) is 10.4. The monoisotopic (exact) mass is 405 g/mol. The predicted molar refractivity (Wildman–Crippen MR) is 116 cm³/mol. The number of nitrogens with one attached hydrogen (secondary N) is 1.